The third-order valence-electron chi connectivity index (χ3n) is 5.38. The van der Waals surface area contributed by atoms with Crippen molar-refractivity contribution in [2.45, 2.75) is 84.8 Å². The van der Waals surface area contributed by atoms with Gasteiger partial charge >= 0.3 is 6.09 Å². The first-order chi connectivity index (χ1) is 10.7. The number of hydrogen-bond donors (Lipinski definition) is 0. The number of nitrogens with zero attached hydrogens (tertiary/aromatic N) is 1. The molecule has 4 unspecified atom stereocenters. The highest BCUT2D eigenvalue weighted by Gasteiger charge is 2.42. The van der Waals surface area contributed by atoms with E-state index in [1.807, 2.05) is 25.7 Å². The predicted molar refractivity (Wildman–Crippen MR) is 91.3 cm³/mol. The fourth-order valence-electron chi connectivity index (χ4n) is 4.00. The molecule has 1 saturated heterocycles. The minimum absolute atomic E-state index is 0.000573. The van der Waals surface area contributed by atoms with Crippen LogP contribution in [-0.4, -0.2) is 35.0 Å². The Bertz CT molecular complexity index is 440. The fraction of sp³-hybridized carbons (Fsp3) is 0.895. The first kappa shape index (κ1) is 18.3. The van der Waals surface area contributed by atoms with E-state index in [0.29, 0.717) is 24.0 Å². The first-order valence-corrected chi connectivity index (χ1v) is 9.23. The molecule has 132 valence electrons. The lowest BCUT2D eigenvalue weighted by atomic mass is 9.73. The minimum atomic E-state index is -0.493. The molecular weight excluding hydrogens is 290 g/mol. The van der Waals surface area contributed by atoms with Crippen molar-refractivity contribution in [2.75, 3.05) is 6.54 Å². The molecule has 2 fully saturated rings. The lowest BCUT2D eigenvalue weighted by molar-refractivity contribution is -0.129. The molecule has 0 aromatic carbocycles. The van der Waals surface area contributed by atoms with Crippen LogP contribution in [-0.2, 0) is 9.53 Å². The van der Waals surface area contributed by atoms with Gasteiger partial charge in [0.15, 0.2) is 0 Å². The Balaban J connectivity index is 2.17. The van der Waals surface area contributed by atoms with Crippen molar-refractivity contribution in [1.29, 1.82) is 0 Å². The van der Waals surface area contributed by atoms with E-state index in [-0.39, 0.29) is 18.1 Å². The Labute approximate surface area is 140 Å². The van der Waals surface area contributed by atoms with Gasteiger partial charge in [0.05, 0.1) is 0 Å². The van der Waals surface area contributed by atoms with Crippen LogP contribution >= 0.6 is 0 Å². The molecule has 0 radical (unpaired) electrons. The summed E-state index contributed by atoms with van der Waals surface area (Å²) in [6.07, 6.45) is 5.41. The highest BCUT2D eigenvalue weighted by Crippen LogP contribution is 2.37. The van der Waals surface area contributed by atoms with Crippen LogP contribution in [0.1, 0.15) is 73.1 Å². The summed E-state index contributed by atoms with van der Waals surface area (Å²) in [6.45, 7) is 10.8. The Morgan fingerprint density at radius 1 is 1.26 bits per heavy atom. The topological polar surface area (TPSA) is 46.6 Å². The van der Waals surface area contributed by atoms with Crippen LogP contribution in [0, 0.1) is 17.8 Å². The maximum Gasteiger partial charge on any atom is 0.410 e. The van der Waals surface area contributed by atoms with Gasteiger partial charge in [-0.15, -0.1) is 0 Å². The normalized spacial score (nSPS) is 32.7. The SMILES string of the molecule is CCC1CCN(C(=O)OC(C)(C)C)C(C2CC(C)CCC2=O)C1. The van der Waals surface area contributed by atoms with Gasteiger partial charge < -0.3 is 9.64 Å². The van der Waals surface area contributed by atoms with Crippen LogP contribution in [0.2, 0.25) is 0 Å². The number of carbonyl (C=O) groups is 2. The van der Waals surface area contributed by atoms with Gasteiger partial charge in [0.1, 0.15) is 11.4 Å². The molecule has 4 nitrogen and oxygen atoms in total. The zero-order chi connectivity index (χ0) is 17.2. The average Bonchev–Trinajstić information content (AvgIpc) is 2.47. The summed E-state index contributed by atoms with van der Waals surface area (Å²) in [7, 11) is 0. The number of amides is 1. The molecule has 23 heavy (non-hydrogen) atoms. The van der Waals surface area contributed by atoms with E-state index in [1.54, 1.807) is 0 Å². The van der Waals surface area contributed by atoms with E-state index < -0.39 is 5.60 Å². The molecule has 0 aromatic rings. The molecule has 2 rings (SSSR count). The third-order valence-corrected chi connectivity index (χ3v) is 5.38. The molecule has 1 amide bonds. The van der Waals surface area contributed by atoms with Gasteiger partial charge in [0.25, 0.3) is 0 Å². The fourth-order valence-corrected chi connectivity index (χ4v) is 4.00. The van der Waals surface area contributed by atoms with Gasteiger partial charge in [-0.1, -0.05) is 20.3 Å². The van der Waals surface area contributed by atoms with Crippen LogP contribution in [0.5, 0.6) is 0 Å². The second kappa shape index (κ2) is 7.23. The van der Waals surface area contributed by atoms with E-state index >= 15 is 0 Å². The zero-order valence-electron chi connectivity index (χ0n) is 15.4. The number of ketones is 1. The second-order valence-electron chi connectivity index (χ2n) is 8.49. The number of hydrogen-bond acceptors (Lipinski definition) is 3. The maximum atomic E-state index is 12.6. The van der Waals surface area contributed by atoms with E-state index in [1.165, 1.54) is 0 Å². The van der Waals surface area contributed by atoms with Crippen molar-refractivity contribution in [3.63, 3.8) is 0 Å². The Kier molecular flexibility index (Phi) is 5.74. The van der Waals surface area contributed by atoms with Crippen molar-refractivity contribution in [2.24, 2.45) is 17.8 Å². The van der Waals surface area contributed by atoms with Gasteiger partial charge in [-0.3, -0.25) is 4.79 Å². The average molecular weight is 323 g/mol. The molecule has 2 aliphatic rings. The van der Waals surface area contributed by atoms with Crippen LogP contribution in [0.3, 0.4) is 0 Å². The van der Waals surface area contributed by atoms with Gasteiger partial charge in [-0.05, 0) is 58.3 Å². The summed E-state index contributed by atoms with van der Waals surface area (Å²) < 4.78 is 5.60. The van der Waals surface area contributed by atoms with Crippen LogP contribution in [0.4, 0.5) is 4.79 Å². The van der Waals surface area contributed by atoms with E-state index in [9.17, 15) is 9.59 Å². The molecule has 1 aliphatic carbocycles. The largest absolute Gasteiger partial charge is 0.444 e. The Morgan fingerprint density at radius 3 is 2.57 bits per heavy atom. The molecule has 0 N–H and O–H groups in total. The van der Waals surface area contributed by atoms with Gasteiger partial charge in [-0.2, -0.15) is 0 Å². The van der Waals surface area contributed by atoms with Crippen molar-refractivity contribution in [1.82, 2.24) is 4.90 Å². The van der Waals surface area contributed by atoms with Gasteiger partial charge in [-0.25, -0.2) is 4.79 Å². The number of piperidine rings is 1. The molecule has 4 heteroatoms. The summed E-state index contributed by atoms with van der Waals surface area (Å²) in [5, 5.41) is 0. The van der Waals surface area contributed by atoms with Crippen LogP contribution in [0.15, 0.2) is 0 Å². The van der Waals surface area contributed by atoms with Gasteiger partial charge in [0, 0.05) is 24.9 Å². The highest BCUT2D eigenvalue weighted by molar-refractivity contribution is 5.83. The summed E-state index contributed by atoms with van der Waals surface area (Å²) >= 11 is 0. The van der Waals surface area contributed by atoms with Crippen molar-refractivity contribution < 1.29 is 14.3 Å². The molecule has 1 heterocycles. The number of ether oxygens (including phenoxy) is 1. The number of likely N-dealkylation sites (tertiary alicyclic amines) is 1. The molecule has 1 saturated carbocycles. The van der Waals surface area contributed by atoms with Crippen molar-refractivity contribution >= 4 is 11.9 Å². The molecule has 4 atom stereocenters. The molecule has 1 aliphatic heterocycles. The molecule has 0 spiro atoms. The zero-order valence-corrected chi connectivity index (χ0v) is 15.4. The Hall–Kier alpha value is -1.06. The summed E-state index contributed by atoms with van der Waals surface area (Å²) in [6, 6.07) is 0.0267. The quantitative estimate of drug-likeness (QED) is 0.756. The lowest BCUT2D eigenvalue weighted by Crippen LogP contribution is -2.53. The summed E-state index contributed by atoms with van der Waals surface area (Å²) in [5.41, 5.74) is -0.493. The van der Waals surface area contributed by atoms with E-state index in [0.717, 1.165) is 38.6 Å². The molecule has 0 aromatic heterocycles. The van der Waals surface area contributed by atoms with E-state index in [4.69, 9.17) is 4.74 Å². The van der Waals surface area contributed by atoms with Crippen LogP contribution < -0.4 is 0 Å². The minimum Gasteiger partial charge on any atom is -0.444 e. The summed E-state index contributed by atoms with van der Waals surface area (Å²) in [5.74, 6) is 1.53. The first-order valence-electron chi connectivity index (χ1n) is 9.23. The maximum absolute atomic E-state index is 12.6. The monoisotopic (exact) mass is 323 g/mol. The predicted octanol–water partition coefficient (Wildman–Crippen LogP) is 4.42. The van der Waals surface area contributed by atoms with E-state index in [2.05, 4.69) is 13.8 Å². The lowest BCUT2D eigenvalue weighted by Gasteiger charge is -2.44. The number of carbonyl (C=O) groups excluding carboxylic acids is 2. The van der Waals surface area contributed by atoms with Crippen LogP contribution in [0.25, 0.3) is 0 Å². The number of Topliss-reactive ketones (excluding diaryl/α,β-unsaturated/α-hetero) is 1. The van der Waals surface area contributed by atoms with Crippen molar-refractivity contribution in [3.05, 3.63) is 0 Å². The number of rotatable bonds is 2. The standard InChI is InChI=1S/C19H33NO3/c1-6-14-9-10-20(18(22)23-19(3,4)5)16(12-14)15-11-13(2)7-8-17(15)21/h13-16H,6-12H2,1-5H3. The second-order valence-corrected chi connectivity index (χ2v) is 8.49. The Morgan fingerprint density at radius 2 is 1.96 bits per heavy atom. The van der Waals surface area contributed by atoms with Gasteiger partial charge in [0.2, 0.25) is 0 Å². The van der Waals surface area contributed by atoms with Crippen molar-refractivity contribution in [3.8, 4) is 0 Å². The molecular formula is C19H33NO3. The smallest absolute Gasteiger partial charge is 0.410 e. The molecule has 0 bridgehead atoms. The third kappa shape index (κ3) is 4.71. The highest BCUT2D eigenvalue weighted by atomic mass is 16.6. The summed E-state index contributed by atoms with van der Waals surface area (Å²) in [4.78, 5) is 27.0.